The van der Waals surface area contributed by atoms with E-state index in [0.29, 0.717) is 11.5 Å². The highest BCUT2D eigenvalue weighted by Gasteiger charge is 2.44. The standard InChI is InChI=1S/C15H22BrN3.HI/c1-11(2)19-14(17-3)18-10-15(7-8-15)12-5-4-6-13(16)9-12;/h4-6,9,11H,7-8,10H2,1-3H3,(H2,17,18,19);1H. The van der Waals surface area contributed by atoms with Crippen molar-refractivity contribution in [2.75, 3.05) is 13.6 Å². The smallest absolute Gasteiger partial charge is 0.191 e. The Morgan fingerprint density at radius 3 is 2.60 bits per heavy atom. The fourth-order valence-corrected chi connectivity index (χ4v) is 2.66. The molecule has 0 spiro atoms. The van der Waals surface area contributed by atoms with Gasteiger partial charge in [-0.3, -0.25) is 4.99 Å². The van der Waals surface area contributed by atoms with E-state index in [1.807, 2.05) is 7.05 Å². The Labute approximate surface area is 147 Å². The van der Waals surface area contributed by atoms with E-state index in [4.69, 9.17) is 0 Å². The first kappa shape index (κ1) is 17.8. The molecule has 0 aromatic heterocycles. The molecule has 2 N–H and O–H groups in total. The summed E-state index contributed by atoms with van der Waals surface area (Å²) in [5, 5.41) is 6.77. The summed E-state index contributed by atoms with van der Waals surface area (Å²) in [6.07, 6.45) is 2.49. The number of hydrogen-bond acceptors (Lipinski definition) is 1. The molecule has 0 amide bonds. The second kappa shape index (κ2) is 7.64. The van der Waals surface area contributed by atoms with Crippen molar-refractivity contribution >= 4 is 45.9 Å². The Morgan fingerprint density at radius 2 is 2.10 bits per heavy atom. The molecular weight excluding hydrogens is 429 g/mol. The van der Waals surface area contributed by atoms with Gasteiger partial charge in [-0.1, -0.05) is 28.1 Å². The fourth-order valence-electron chi connectivity index (χ4n) is 2.26. The molecule has 0 saturated heterocycles. The first-order chi connectivity index (χ1) is 9.05. The SMILES string of the molecule is CN=C(NCC1(c2cccc(Br)c2)CC1)NC(C)C.I. The van der Waals surface area contributed by atoms with Crippen LogP contribution < -0.4 is 10.6 Å². The highest BCUT2D eigenvalue weighted by atomic mass is 127. The molecule has 112 valence electrons. The Bertz CT molecular complexity index is 470. The molecule has 0 heterocycles. The number of nitrogens with one attached hydrogen (secondary N) is 2. The van der Waals surface area contributed by atoms with Crippen molar-refractivity contribution in [3.05, 3.63) is 34.3 Å². The molecule has 1 aliphatic rings. The van der Waals surface area contributed by atoms with Crippen molar-refractivity contribution in [2.24, 2.45) is 4.99 Å². The summed E-state index contributed by atoms with van der Waals surface area (Å²) in [7, 11) is 1.82. The quantitative estimate of drug-likeness (QED) is 0.416. The predicted octanol–water partition coefficient (Wildman–Crippen LogP) is 3.67. The number of hydrogen-bond donors (Lipinski definition) is 2. The van der Waals surface area contributed by atoms with Crippen molar-refractivity contribution in [3.8, 4) is 0 Å². The largest absolute Gasteiger partial charge is 0.356 e. The Hall–Kier alpha value is -0.300. The van der Waals surface area contributed by atoms with Crippen molar-refractivity contribution in [1.82, 2.24) is 10.6 Å². The molecule has 2 rings (SSSR count). The van der Waals surface area contributed by atoms with E-state index < -0.39 is 0 Å². The van der Waals surface area contributed by atoms with E-state index in [1.54, 1.807) is 0 Å². The molecule has 1 fully saturated rings. The third kappa shape index (κ3) is 4.62. The van der Waals surface area contributed by atoms with Crippen LogP contribution in [-0.4, -0.2) is 25.6 Å². The van der Waals surface area contributed by atoms with Crippen LogP contribution in [0.1, 0.15) is 32.3 Å². The highest BCUT2D eigenvalue weighted by molar-refractivity contribution is 14.0. The van der Waals surface area contributed by atoms with E-state index in [9.17, 15) is 0 Å². The van der Waals surface area contributed by atoms with Gasteiger partial charge in [-0.2, -0.15) is 0 Å². The van der Waals surface area contributed by atoms with Gasteiger partial charge >= 0.3 is 0 Å². The minimum absolute atomic E-state index is 0. The Balaban J connectivity index is 0.00000200. The number of benzene rings is 1. The van der Waals surface area contributed by atoms with Gasteiger partial charge in [-0.05, 0) is 44.4 Å². The molecule has 0 aliphatic heterocycles. The molecule has 0 radical (unpaired) electrons. The minimum Gasteiger partial charge on any atom is -0.356 e. The summed E-state index contributed by atoms with van der Waals surface area (Å²) < 4.78 is 1.15. The summed E-state index contributed by atoms with van der Waals surface area (Å²) in [4.78, 5) is 4.26. The summed E-state index contributed by atoms with van der Waals surface area (Å²) >= 11 is 3.55. The van der Waals surface area contributed by atoms with Gasteiger partial charge in [0.05, 0.1) is 0 Å². The molecule has 1 aliphatic carbocycles. The van der Waals surface area contributed by atoms with E-state index in [1.165, 1.54) is 18.4 Å². The van der Waals surface area contributed by atoms with Crippen molar-refractivity contribution < 1.29 is 0 Å². The number of aliphatic imine (C=N–C) groups is 1. The lowest BCUT2D eigenvalue weighted by Gasteiger charge is -2.20. The molecular formula is C15H23BrIN3. The number of guanidine groups is 1. The molecule has 1 saturated carbocycles. The van der Waals surface area contributed by atoms with Gasteiger partial charge in [0.1, 0.15) is 0 Å². The van der Waals surface area contributed by atoms with Gasteiger partial charge in [0.2, 0.25) is 0 Å². The summed E-state index contributed by atoms with van der Waals surface area (Å²) in [5.74, 6) is 0.885. The van der Waals surface area contributed by atoms with Crippen LogP contribution in [0, 0.1) is 0 Å². The molecule has 3 nitrogen and oxygen atoms in total. The molecule has 1 aromatic carbocycles. The lowest BCUT2D eigenvalue weighted by Crippen LogP contribution is -2.43. The van der Waals surface area contributed by atoms with Gasteiger partial charge < -0.3 is 10.6 Å². The molecule has 0 unspecified atom stereocenters. The lowest BCUT2D eigenvalue weighted by atomic mass is 9.96. The monoisotopic (exact) mass is 451 g/mol. The highest BCUT2D eigenvalue weighted by Crippen LogP contribution is 2.48. The van der Waals surface area contributed by atoms with E-state index in [-0.39, 0.29) is 24.0 Å². The van der Waals surface area contributed by atoms with Gasteiger partial charge in [0.25, 0.3) is 0 Å². The third-order valence-corrected chi connectivity index (χ3v) is 4.03. The summed E-state index contributed by atoms with van der Waals surface area (Å²) in [5.41, 5.74) is 1.70. The second-order valence-electron chi connectivity index (χ2n) is 5.52. The fraction of sp³-hybridized carbons (Fsp3) is 0.533. The Kier molecular flexibility index (Phi) is 6.78. The topological polar surface area (TPSA) is 36.4 Å². The van der Waals surface area contributed by atoms with Crippen LogP contribution in [0.5, 0.6) is 0 Å². The third-order valence-electron chi connectivity index (χ3n) is 3.53. The second-order valence-corrected chi connectivity index (χ2v) is 6.43. The lowest BCUT2D eigenvalue weighted by molar-refractivity contribution is 0.630. The zero-order chi connectivity index (χ0) is 13.9. The van der Waals surface area contributed by atoms with Crippen LogP contribution in [0.3, 0.4) is 0 Å². The maximum atomic E-state index is 4.26. The Morgan fingerprint density at radius 1 is 1.40 bits per heavy atom. The van der Waals surface area contributed by atoms with E-state index in [2.05, 4.69) is 69.7 Å². The minimum atomic E-state index is 0. The molecule has 20 heavy (non-hydrogen) atoms. The van der Waals surface area contributed by atoms with Crippen molar-refractivity contribution in [2.45, 2.75) is 38.1 Å². The number of rotatable bonds is 4. The molecule has 1 aromatic rings. The summed E-state index contributed by atoms with van der Waals surface area (Å²) in [6, 6.07) is 9.03. The van der Waals surface area contributed by atoms with Crippen molar-refractivity contribution in [1.29, 1.82) is 0 Å². The summed E-state index contributed by atoms with van der Waals surface area (Å²) in [6.45, 7) is 5.18. The maximum Gasteiger partial charge on any atom is 0.191 e. The van der Waals surface area contributed by atoms with Crippen molar-refractivity contribution in [3.63, 3.8) is 0 Å². The average Bonchev–Trinajstić information content (AvgIpc) is 3.15. The first-order valence-corrected chi connectivity index (χ1v) is 7.58. The van der Waals surface area contributed by atoms with Gasteiger partial charge in [-0.25, -0.2) is 0 Å². The molecule has 0 bridgehead atoms. The maximum absolute atomic E-state index is 4.26. The van der Waals surface area contributed by atoms with Crippen LogP contribution in [0.15, 0.2) is 33.7 Å². The number of nitrogens with zero attached hydrogens (tertiary/aromatic N) is 1. The molecule has 5 heteroatoms. The normalized spacial score (nSPS) is 16.6. The van der Waals surface area contributed by atoms with Crippen LogP contribution in [0.4, 0.5) is 0 Å². The number of halogens is 2. The first-order valence-electron chi connectivity index (χ1n) is 6.79. The van der Waals surface area contributed by atoms with Gasteiger partial charge in [-0.15, -0.1) is 24.0 Å². The zero-order valence-corrected chi connectivity index (χ0v) is 16.2. The van der Waals surface area contributed by atoms with Crippen LogP contribution in [0.2, 0.25) is 0 Å². The van der Waals surface area contributed by atoms with Crippen LogP contribution in [-0.2, 0) is 5.41 Å². The zero-order valence-electron chi connectivity index (χ0n) is 12.2. The average molecular weight is 452 g/mol. The van der Waals surface area contributed by atoms with Crippen LogP contribution >= 0.6 is 39.9 Å². The van der Waals surface area contributed by atoms with Gasteiger partial charge in [0.15, 0.2) is 5.96 Å². The predicted molar refractivity (Wildman–Crippen MR) is 100 cm³/mol. The van der Waals surface area contributed by atoms with Gasteiger partial charge in [0, 0.05) is 29.5 Å². The van der Waals surface area contributed by atoms with E-state index in [0.717, 1.165) is 17.0 Å². The van der Waals surface area contributed by atoms with E-state index >= 15 is 0 Å². The van der Waals surface area contributed by atoms with Crippen LogP contribution in [0.25, 0.3) is 0 Å². The molecule has 0 atom stereocenters.